The van der Waals surface area contributed by atoms with Crippen LogP contribution < -0.4 is 0 Å². The molecule has 1 rings (SSSR count). The van der Waals surface area contributed by atoms with Crippen molar-refractivity contribution in [3.63, 3.8) is 0 Å². The van der Waals surface area contributed by atoms with Crippen LogP contribution in [0.3, 0.4) is 0 Å². The maximum absolute atomic E-state index is 11.2. The Morgan fingerprint density at radius 1 is 1.71 bits per heavy atom. The van der Waals surface area contributed by atoms with Gasteiger partial charge >= 0.3 is 5.97 Å². The lowest BCUT2D eigenvalue weighted by atomic mass is 10.2. The minimum Gasteiger partial charge on any atom is -0.478 e. The van der Waals surface area contributed by atoms with E-state index >= 15 is 0 Å². The number of amides is 1. The molecule has 0 aromatic carbocycles. The van der Waals surface area contributed by atoms with E-state index in [-0.39, 0.29) is 5.24 Å². The number of nitrogens with zero attached hydrogens (tertiary/aromatic N) is 1. The third-order valence-corrected chi connectivity index (χ3v) is 2.95. The lowest BCUT2D eigenvalue weighted by Gasteiger charge is -2.11. The highest BCUT2D eigenvalue weighted by molar-refractivity contribution is 8.13. The topological polar surface area (TPSA) is 57.6 Å². The molecule has 0 saturated carbocycles. The van der Waals surface area contributed by atoms with E-state index in [1.54, 1.807) is 17.9 Å². The second-order valence-electron chi connectivity index (χ2n) is 2.95. The van der Waals surface area contributed by atoms with Crippen LogP contribution in [0.2, 0.25) is 0 Å². The van der Waals surface area contributed by atoms with E-state index in [4.69, 9.17) is 5.11 Å². The van der Waals surface area contributed by atoms with E-state index in [9.17, 15) is 9.59 Å². The number of carboxylic acids is 1. The first-order valence-electron chi connectivity index (χ1n) is 4.49. The van der Waals surface area contributed by atoms with Crippen LogP contribution in [-0.2, 0) is 4.79 Å². The van der Waals surface area contributed by atoms with Crippen LogP contribution in [-0.4, -0.2) is 40.1 Å². The largest absolute Gasteiger partial charge is 0.478 e. The molecule has 0 unspecified atom stereocenters. The molecule has 0 aliphatic carbocycles. The van der Waals surface area contributed by atoms with Crippen molar-refractivity contribution in [1.29, 1.82) is 0 Å². The summed E-state index contributed by atoms with van der Waals surface area (Å²) >= 11 is 1.28. The Labute approximate surface area is 87.0 Å². The molecule has 0 spiro atoms. The Hall–Kier alpha value is -0.970. The van der Waals surface area contributed by atoms with Crippen molar-refractivity contribution >= 4 is 23.0 Å². The zero-order valence-electron chi connectivity index (χ0n) is 8.02. The van der Waals surface area contributed by atoms with E-state index in [0.29, 0.717) is 18.5 Å². The molecular weight excluding hydrogens is 202 g/mol. The third kappa shape index (κ3) is 2.77. The lowest BCUT2D eigenvalue weighted by Crippen LogP contribution is -2.23. The predicted octanol–water partition coefficient (Wildman–Crippen LogP) is 1.58. The molecule has 0 aromatic heterocycles. The van der Waals surface area contributed by atoms with Gasteiger partial charge in [0.1, 0.15) is 0 Å². The average Bonchev–Trinajstić information content (AvgIpc) is 2.52. The van der Waals surface area contributed by atoms with Gasteiger partial charge in [-0.05, 0) is 6.42 Å². The van der Waals surface area contributed by atoms with Crippen molar-refractivity contribution in [1.82, 2.24) is 4.90 Å². The fourth-order valence-electron chi connectivity index (χ4n) is 1.19. The number of carboxylic acid groups (broad SMARTS) is 1. The van der Waals surface area contributed by atoms with Gasteiger partial charge in [0.05, 0.1) is 0 Å². The highest BCUT2D eigenvalue weighted by Gasteiger charge is 2.19. The van der Waals surface area contributed by atoms with E-state index in [2.05, 4.69) is 0 Å². The van der Waals surface area contributed by atoms with Crippen molar-refractivity contribution in [2.24, 2.45) is 0 Å². The Balaban J connectivity index is 2.51. The zero-order valence-corrected chi connectivity index (χ0v) is 8.84. The molecule has 0 aromatic rings. The Morgan fingerprint density at radius 2 is 2.43 bits per heavy atom. The number of hydrogen-bond donors (Lipinski definition) is 1. The van der Waals surface area contributed by atoms with Crippen molar-refractivity contribution in [2.75, 3.05) is 18.8 Å². The standard InChI is InChI=1S/C9H13NO3S/c1-2-7(8(11)12)3-4-10-5-6-14-9(10)13/h3H,2,4-6H2,1H3,(H,11,12). The fraction of sp³-hybridized carbons (Fsp3) is 0.556. The molecule has 1 aliphatic heterocycles. The summed E-state index contributed by atoms with van der Waals surface area (Å²) in [6.45, 7) is 2.93. The Bertz CT molecular complexity index is 275. The van der Waals surface area contributed by atoms with Gasteiger partial charge in [0.25, 0.3) is 5.24 Å². The molecule has 5 heteroatoms. The van der Waals surface area contributed by atoms with Gasteiger partial charge < -0.3 is 10.0 Å². The second kappa shape index (κ2) is 5.05. The Kier molecular flexibility index (Phi) is 4.00. The quantitative estimate of drug-likeness (QED) is 0.723. The molecule has 1 heterocycles. The SMILES string of the molecule is CCC(=CCN1CCSC1=O)C(=O)O. The van der Waals surface area contributed by atoms with Crippen LogP contribution in [0.1, 0.15) is 13.3 Å². The molecule has 0 bridgehead atoms. The van der Waals surface area contributed by atoms with E-state index in [0.717, 1.165) is 12.3 Å². The molecule has 1 amide bonds. The summed E-state index contributed by atoms with van der Waals surface area (Å²) in [4.78, 5) is 23.5. The van der Waals surface area contributed by atoms with Crippen LogP contribution in [0.15, 0.2) is 11.6 Å². The van der Waals surface area contributed by atoms with Crippen LogP contribution in [0.25, 0.3) is 0 Å². The molecule has 0 radical (unpaired) electrons. The molecule has 78 valence electrons. The minimum atomic E-state index is -0.896. The fourth-order valence-corrected chi connectivity index (χ4v) is 2.03. The molecule has 14 heavy (non-hydrogen) atoms. The summed E-state index contributed by atoms with van der Waals surface area (Å²) in [5, 5.41) is 8.78. The van der Waals surface area contributed by atoms with Crippen molar-refractivity contribution in [2.45, 2.75) is 13.3 Å². The van der Waals surface area contributed by atoms with E-state index in [1.807, 2.05) is 0 Å². The summed E-state index contributed by atoms with van der Waals surface area (Å²) in [5.74, 6) is -0.0897. The summed E-state index contributed by atoms with van der Waals surface area (Å²) in [6.07, 6.45) is 2.11. The number of rotatable bonds is 4. The van der Waals surface area contributed by atoms with Crippen LogP contribution in [0.5, 0.6) is 0 Å². The highest BCUT2D eigenvalue weighted by Crippen LogP contribution is 2.17. The minimum absolute atomic E-state index is 0.0436. The summed E-state index contributed by atoms with van der Waals surface area (Å²) in [5.41, 5.74) is 0.370. The predicted molar refractivity (Wildman–Crippen MR) is 55.4 cm³/mol. The van der Waals surface area contributed by atoms with Gasteiger partial charge in [0.2, 0.25) is 0 Å². The van der Waals surface area contributed by atoms with Gasteiger partial charge in [-0.25, -0.2) is 4.79 Å². The van der Waals surface area contributed by atoms with Gasteiger partial charge in [0, 0.05) is 24.4 Å². The normalized spacial score (nSPS) is 17.6. The first kappa shape index (κ1) is 11.1. The Morgan fingerprint density at radius 3 is 2.86 bits per heavy atom. The van der Waals surface area contributed by atoms with Crippen LogP contribution >= 0.6 is 11.8 Å². The molecule has 1 N–H and O–H groups in total. The molecule has 1 saturated heterocycles. The number of aliphatic carboxylic acids is 1. The van der Waals surface area contributed by atoms with E-state index in [1.165, 1.54) is 11.8 Å². The highest BCUT2D eigenvalue weighted by atomic mass is 32.2. The number of hydrogen-bond acceptors (Lipinski definition) is 3. The smallest absolute Gasteiger partial charge is 0.331 e. The molecule has 1 fully saturated rings. The van der Waals surface area contributed by atoms with Crippen LogP contribution in [0.4, 0.5) is 4.79 Å². The zero-order chi connectivity index (χ0) is 10.6. The summed E-state index contributed by atoms with van der Waals surface area (Å²) < 4.78 is 0. The molecule has 1 aliphatic rings. The first-order chi connectivity index (χ1) is 6.65. The number of carbonyl (C=O) groups excluding carboxylic acids is 1. The van der Waals surface area contributed by atoms with E-state index < -0.39 is 5.97 Å². The average molecular weight is 215 g/mol. The maximum Gasteiger partial charge on any atom is 0.331 e. The van der Waals surface area contributed by atoms with Gasteiger partial charge in [-0.3, -0.25) is 4.79 Å². The van der Waals surface area contributed by atoms with Gasteiger partial charge in [-0.15, -0.1) is 0 Å². The molecule has 4 nitrogen and oxygen atoms in total. The number of carbonyl (C=O) groups is 2. The lowest BCUT2D eigenvalue weighted by molar-refractivity contribution is -0.132. The third-order valence-electron chi connectivity index (χ3n) is 2.06. The van der Waals surface area contributed by atoms with Crippen LogP contribution in [0, 0.1) is 0 Å². The summed E-state index contributed by atoms with van der Waals surface area (Å²) in [6, 6.07) is 0. The molecular formula is C9H13NO3S. The van der Waals surface area contributed by atoms with Crippen molar-refractivity contribution in [3.8, 4) is 0 Å². The first-order valence-corrected chi connectivity index (χ1v) is 5.47. The number of thioether (sulfide) groups is 1. The summed E-state index contributed by atoms with van der Waals surface area (Å²) in [7, 11) is 0. The second-order valence-corrected chi connectivity index (χ2v) is 3.99. The van der Waals surface area contributed by atoms with Gasteiger partial charge in [-0.2, -0.15) is 0 Å². The van der Waals surface area contributed by atoms with Crippen molar-refractivity contribution < 1.29 is 14.7 Å². The van der Waals surface area contributed by atoms with Gasteiger partial charge in [-0.1, -0.05) is 24.8 Å². The maximum atomic E-state index is 11.2. The van der Waals surface area contributed by atoms with Gasteiger partial charge in [0.15, 0.2) is 0 Å². The van der Waals surface area contributed by atoms with Crippen molar-refractivity contribution in [3.05, 3.63) is 11.6 Å². The molecule has 0 atom stereocenters. The monoisotopic (exact) mass is 215 g/mol.